The predicted octanol–water partition coefficient (Wildman–Crippen LogP) is 0.984. The molecule has 0 spiro atoms. The molecule has 25 heavy (non-hydrogen) atoms. The van der Waals surface area contributed by atoms with Crippen LogP contribution in [0.15, 0.2) is 30.3 Å². The van der Waals surface area contributed by atoms with E-state index in [2.05, 4.69) is 5.10 Å². The molecule has 1 aliphatic heterocycles. The monoisotopic (exact) mass is 344 g/mol. The maximum atomic E-state index is 12.3. The molecule has 8 heteroatoms. The molecule has 1 amide bonds. The number of carbonyl (C=O) groups is 2. The van der Waals surface area contributed by atoms with Gasteiger partial charge in [0.1, 0.15) is 11.4 Å². The average molecular weight is 344 g/mol. The van der Waals surface area contributed by atoms with Gasteiger partial charge < -0.3 is 20.1 Å². The second-order valence-corrected chi connectivity index (χ2v) is 5.48. The number of esters is 1. The minimum atomic E-state index is -0.716. The van der Waals surface area contributed by atoms with Gasteiger partial charge in [0, 0.05) is 13.1 Å². The van der Waals surface area contributed by atoms with E-state index in [0.29, 0.717) is 32.1 Å². The number of rotatable bonds is 5. The molecule has 3 rings (SSSR count). The lowest BCUT2D eigenvalue weighted by Gasteiger charge is -2.29. The third-order valence-electron chi connectivity index (χ3n) is 3.89. The van der Waals surface area contributed by atoms with E-state index >= 15 is 0 Å². The highest BCUT2D eigenvalue weighted by molar-refractivity contribution is 6.07. The number of morpholine rings is 1. The average Bonchev–Trinajstić information content (AvgIpc) is 3.04. The minimum Gasteiger partial charge on any atom is -0.461 e. The van der Waals surface area contributed by atoms with Gasteiger partial charge in [-0.25, -0.2) is 9.48 Å². The molecule has 2 N–H and O–H groups in total. The van der Waals surface area contributed by atoms with Gasteiger partial charge in [0.15, 0.2) is 5.69 Å². The number of para-hydroxylation sites is 1. The maximum absolute atomic E-state index is 12.3. The zero-order valence-electron chi connectivity index (χ0n) is 14.0. The number of benzene rings is 1. The molecule has 1 aliphatic rings. The highest BCUT2D eigenvalue weighted by atomic mass is 16.5. The molecule has 0 unspecified atom stereocenters. The van der Waals surface area contributed by atoms with Gasteiger partial charge in [-0.15, -0.1) is 0 Å². The van der Waals surface area contributed by atoms with Gasteiger partial charge in [0.25, 0.3) is 5.91 Å². The molecule has 0 radical (unpaired) electrons. The Kier molecular flexibility index (Phi) is 4.99. The summed E-state index contributed by atoms with van der Waals surface area (Å²) in [4.78, 5) is 26.4. The van der Waals surface area contributed by atoms with Crippen LogP contribution < -0.4 is 10.6 Å². The highest BCUT2D eigenvalue weighted by Crippen LogP contribution is 2.28. The second-order valence-electron chi connectivity index (χ2n) is 5.48. The Bertz CT molecular complexity index is 766. The van der Waals surface area contributed by atoms with E-state index in [1.165, 1.54) is 0 Å². The van der Waals surface area contributed by atoms with Crippen molar-refractivity contribution in [3.63, 3.8) is 0 Å². The molecule has 1 aromatic heterocycles. The number of amides is 1. The highest BCUT2D eigenvalue weighted by Gasteiger charge is 2.31. The van der Waals surface area contributed by atoms with Crippen LogP contribution in [0.4, 0.5) is 5.82 Å². The Hall–Kier alpha value is -2.87. The number of aromatic nitrogens is 2. The largest absolute Gasteiger partial charge is 0.461 e. The number of nitrogens with two attached hydrogens (primary N) is 1. The molecular weight excluding hydrogens is 324 g/mol. The van der Waals surface area contributed by atoms with Gasteiger partial charge in [-0.2, -0.15) is 5.10 Å². The number of hydrogen-bond acceptors (Lipinski definition) is 6. The smallest absolute Gasteiger partial charge is 0.359 e. The van der Waals surface area contributed by atoms with Crippen LogP contribution in [0.2, 0.25) is 0 Å². The van der Waals surface area contributed by atoms with Crippen LogP contribution >= 0.6 is 0 Å². The van der Waals surface area contributed by atoms with Crippen molar-refractivity contribution in [2.24, 2.45) is 5.73 Å². The lowest BCUT2D eigenvalue weighted by atomic mass is 10.2. The predicted molar refractivity (Wildman–Crippen MR) is 91.1 cm³/mol. The van der Waals surface area contributed by atoms with Crippen molar-refractivity contribution in [2.75, 3.05) is 37.8 Å². The third-order valence-corrected chi connectivity index (χ3v) is 3.89. The van der Waals surface area contributed by atoms with E-state index in [9.17, 15) is 9.59 Å². The molecule has 0 atom stereocenters. The first-order valence-electron chi connectivity index (χ1n) is 8.11. The van der Waals surface area contributed by atoms with Crippen LogP contribution in [0.5, 0.6) is 0 Å². The van der Waals surface area contributed by atoms with Crippen molar-refractivity contribution in [2.45, 2.75) is 6.92 Å². The Morgan fingerprint density at radius 2 is 1.92 bits per heavy atom. The summed E-state index contributed by atoms with van der Waals surface area (Å²) in [5.41, 5.74) is 6.32. The van der Waals surface area contributed by atoms with Crippen molar-refractivity contribution in [1.29, 1.82) is 0 Å². The summed E-state index contributed by atoms with van der Waals surface area (Å²) < 4.78 is 12.0. The van der Waals surface area contributed by atoms with Crippen molar-refractivity contribution >= 4 is 17.7 Å². The molecule has 8 nitrogen and oxygen atoms in total. The molecule has 0 saturated carbocycles. The summed E-state index contributed by atoms with van der Waals surface area (Å²) in [7, 11) is 0. The first-order chi connectivity index (χ1) is 12.1. The SMILES string of the molecule is CCOC(=O)c1nn(-c2ccccc2)c(N2CCOCC2)c1C(N)=O. The van der Waals surface area contributed by atoms with Crippen molar-refractivity contribution in [3.8, 4) is 5.69 Å². The molecule has 0 bridgehead atoms. The number of nitrogens with zero attached hydrogens (tertiary/aromatic N) is 3. The maximum Gasteiger partial charge on any atom is 0.359 e. The summed E-state index contributed by atoms with van der Waals surface area (Å²) in [6.07, 6.45) is 0. The first-order valence-corrected chi connectivity index (χ1v) is 8.11. The summed E-state index contributed by atoms with van der Waals surface area (Å²) in [6.45, 7) is 4.06. The Balaban J connectivity index is 2.20. The van der Waals surface area contributed by atoms with E-state index in [1.807, 2.05) is 35.2 Å². The van der Waals surface area contributed by atoms with Crippen molar-refractivity contribution < 1.29 is 19.1 Å². The molecule has 132 valence electrons. The summed E-state index contributed by atoms with van der Waals surface area (Å²) in [6, 6.07) is 9.28. The fourth-order valence-corrected chi connectivity index (χ4v) is 2.79. The van der Waals surface area contributed by atoms with Gasteiger partial charge in [0.2, 0.25) is 0 Å². The Labute approximate surface area is 145 Å². The van der Waals surface area contributed by atoms with E-state index in [-0.39, 0.29) is 17.9 Å². The van der Waals surface area contributed by atoms with Crippen LogP contribution in [0.25, 0.3) is 5.69 Å². The fraction of sp³-hybridized carbons (Fsp3) is 0.353. The van der Waals surface area contributed by atoms with Gasteiger partial charge >= 0.3 is 5.97 Å². The van der Waals surface area contributed by atoms with Crippen molar-refractivity contribution in [1.82, 2.24) is 9.78 Å². The van der Waals surface area contributed by atoms with E-state index < -0.39 is 11.9 Å². The molecular formula is C17H20N4O4. The summed E-state index contributed by atoms with van der Waals surface area (Å²) in [5, 5.41) is 4.35. The van der Waals surface area contributed by atoms with Gasteiger partial charge in [0.05, 0.1) is 25.5 Å². The Morgan fingerprint density at radius 3 is 2.52 bits per heavy atom. The standard InChI is InChI=1S/C17H20N4O4/c1-2-25-17(23)14-13(15(18)22)16(20-8-10-24-11-9-20)21(19-14)12-6-4-3-5-7-12/h3-7H,2,8-11H2,1H3,(H2,18,22). The first kappa shape index (κ1) is 17.0. The zero-order valence-corrected chi connectivity index (χ0v) is 14.0. The normalized spacial score (nSPS) is 14.4. The van der Waals surface area contributed by atoms with Gasteiger partial charge in [-0.1, -0.05) is 18.2 Å². The number of ether oxygens (including phenoxy) is 2. The Morgan fingerprint density at radius 1 is 1.24 bits per heavy atom. The number of primary amides is 1. The third kappa shape index (κ3) is 3.34. The van der Waals surface area contributed by atoms with Crippen LogP contribution in [-0.2, 0) is 9.47 Å². The van der Waals surface area contributed by atoms with Crippen LogP contribution in [0, 0.1) is 0 Å². The number of hydrogen-bond donors (Lipinski definition) is 1. The number of carbonyl (C=O) groups excluding carboxylic acids is 2. The van der Waals surface area contributed by atoms with Gasteiger partial charge in [-0.3, -0.25) is 4.79 Å². The fourth-order valence-electron chi connectivity index (χ4n) is 2.79. The lowest BCUT2D eigenvalue weighted by Crippen LogP contribution is -2.38. The molecule has 2 aromatic rings. The quantitative estimate of drug-likeness (QED) is 0.812. The molecule has 0 aliphatic carbocycles. The van der Waals surface area contributed by atoms with E-state index in [1.54, 1.807) is 11.6 Å². The molecule has 2 heterocycles. The van der Waals surface area contributed by atoms with Crippen LogP contribution in [-0.4, -0.2) is 54.6 Å². The molecule has 1 aromatic carbocycles. The van der Waals surface area contributed by atoms with Crippen LogP contribution in [0.3, 0.4) is 0 Å². The molecule has 1 saturated heterocycles. The second kappa shape index (κ2) is 7.35. The number of anilines is 1. The van der Waals surface area contributed by atoms with Crippen LogP contribution in [0.1, 0.15) is 27.8 Å². The minimum absolute atomic E-state index is 0.0697. The van der Waals surface area contributed by atoms with Crippen molar-refractivity contribution in [3.05, 3.63) is 41.6 Å². The van der Waals surface area contributed by atoms with E-state index in [0.717, 1.165) is 5.69 Å². The summed E-state index contributed by atoms with van der Waals surface area (Å²) >= 11 is 0. The summed E-state index contributed by atoms with van der Waals surface area (Å²) in [5.74, 6) is -0.891. The lowest BCUT2D eigenvalue weighted by molar-refractivity contribution is 0.0515. The van der Waals surface area contributed by atoms with Gasteiger partial charge in [-0.05, 0) is 19.1 Å². The van der Waals surface area contributed by atoms with E-state index in [4.69, 9.17) is 15.2 Å². The zero-order chi connectivity index (χ0) is 17.8. The topological polar surface area (TPSA) is 99.7 Å². The molecule has 1 fully saturated rings.